The third-order valence-corrected chi connectivity index (χ3v) is 5.48. The van der Waals surface area contributed by atoms with Crippen LogP contribution >= 0.6 is 11.9 Å². The van der Waals surface area contributed by atoms with Gasteiger partial charge in [0.15, 0.2) is 0 Å². The number of carbonyl (C=O) groups excluding carboxylic acids is 1. The minimum Gasteiger partial charge on any atom is -0.473 e. The van der Waals surface area contributed by atoms with E-state index >= 15 is 0 Å². The van der Waals surface area contributed by atoms with Gasteiger partial charge in [-0.1, -0.05) is 0 Å². The molecule has 2 heterocycles. The normalized spacial score (nSPS) is 26.1. The zero-order chi connectivity index (χ0) is 17.1. The molecule has 1 aromatic heterocycles. The second-order valence-corrected chi connectivity index (χ2v) is 7.17. The number of nitrogens with two attached hydrogens (primary N) is 1. The smallest absolute Gasteiger partial charge is 0.223 e. The van der Waals surface area contributed by atoms with Crippen LogP contribution in [0.2, 0.25) is 0 Å². The molecule has 6 nitrogen and oxygen atoms in total. The van der Waals surface area contributed by atoms with Crippen molar-refractivity contribution in [3.05, 3.63) is 30.2 Å². The number of aromatic nitrogens is 1. The lowest BCUT2D eigenvalue weighted by Crippen LogP contribution is -2.26. The molecule has 2 aliphatic rings. The molecule has 1 aliphatic heterocycles. The van der Waals surface area contributed by atoms with Crippen molar-refractivity contribution in [2.45, 2.75) is 4.90 Å². The van der Waals surface area contributed by atoms with Gasteiger partial charge in [-0.3, -0.25) is 4.79 Å². The number of hydrogen-bond donors (Lipinski definition) is 2. The van der Waals surface area contributed by atoms with Crippen LogP contribution in [0.25, 0.3) is 0 Å². The molecule has 1 saturated heterocycles. The van der Waals surface area contributed by atoms with Crippen molar-refractivity contribution in [3.8, 4) is 5.88 Å². The van der Waals surface area contributed by atoms with Crippen LogP contribution in [-0.4, -0.2) is 48.5 Å². The Morgan fingerprint density at radius 1 is 1.54 bits per heavy atom. The Morgan fingerprint density at radius 3 is 2.83 bits per heavy atom. The zero-order valence-electron chi connectivity index (χ0n) is 13.4. The molecule has 130 valence electrons. The van der Waals surface area contributed by atoms with E-state index in [0.717, 1.165) is 18.0 Å². The van der Waals surface area contributed by atoms with E-state index in [9.17, 15) is 9.18 Å². The molecule has 0 aromatic carbocycles. The number of pyridine rings is 1. The summed E-state index contributed by atoms with van der Waals surface area (Å²) in [5, 5.41) is 2.73. The zero-order valence-corrected chi connectivity index (χ0v) is 14.3. The Balaban J connectivity index is 1.45. The highest BCUT2D eigenvalue weighted by atomic mass is 32.2. The first-order valence-corrected chi connectivity index (χ1v) is 8.65. The number of nitrogens with one attached hydrogen (secondary N) is 1. The monoisotopic (exact) mass is 352 g/mol. The van der Waals surface area contributed by atoms with E-state index < -0.39 is 0 Å². The molecule has 2 atom stereocenters. The lowest BCUT2D eigenvalue weighted by molar-refractivity contribution is -0.122. The van der Waals surface area contributed by atoms with E-state index in [-0.39, 0.29) is 25.0 Å². The van der Waals surface area contributed by atoms with Gasteiger partial charge in [-0.2, -0.15) is 0 Å². The molecule has 2 fully saturated rings. The first-order valence-electron chi connectivity index (χ1n) is 7.87. The number of amides is 1. The quantitative estimate of drug-likeness (QED) is 0.718. The van der Waals surface area contributed by atoms with Gasteiger partial charge in [-0.25, -0.2) is 13.7 Å². The number of hydrogen-bond acceptors (Lipinski definition) is 6. The highest BCUT2D eigenvalue weighted by molar-refractivity contribution is 7.97. The largest absolute Gasteiger partial charge is 0.473 e. The first kappa shape index (κ1) is 17.2. The molecule has 1 saturated carbocycles. The summed E-state index contributed by atoms with van der Waals surface area (Å²) in [7, 11) is 1.69. The van der Waals surface area contributed by atoms with Gasteiger partial charge in [0, 0.05) is 55.3 Å². The summed E-state index contributed by atoms with van der Waals surface area (Å²) in [4.78, 5) is 16.9. The van der Waals surface area contributed by atoms with Gasteiger partial charge >= 0.3 is 0 Å². The van der Waals surface area contributed by atoms with Crippen LogP contribution in [0.4, 0.5) is 4.39 Å². The number of nitrogens with zero attached hydrogens (tertiary/aromatic N) is 2. The van der Waals surface area contributed by atoms with Crippen molar-refractivity contribution in [1.82, 2.24) is 14.6 Å². The van der Waals surface area contributed by atoms with Crippen LogP contribution in [0.15, 0.2) is 35.1 Å². The summed E-state index contributed by atoms with van der Waals surface area (Å²) in [5.74, 6) is 1.76. The Kier molecular flexibility index (Phi) is 5.37. The number of halogens is 1. The molecule has 0 bridgehead atoms. The topological polar surface area (TPSA) is 80.5 Å². The van der Waals surface area contributed by atoms with Gasteiger partial charge in [0.1, 0.15) is 6.61 Å². The number of fused-ring (bicyclic) bond motifs is 1. The van der Waals surface area contributed by atoms with Crippen molar-refractivity contribution in [2.75, 3.05) is 33.3 Å². The fourth-order valence-electron chi connectivity index (χ4n) is 3.07. The second kappa shape index (κ2) is 7.50. The third-order valence-electron chi connectivity index (χ3n) is 4.48. The number of carbonyl (C=O) groups is 1. The van der Waals surface area contributed by atoms with Gasteiger partial charge in [-0.05, 0) is 29.9 Å². The second-order valence-electron chi connectivity index (χ2n) is 6.00. The van der Waals surface area contributed by atoms with Crippen LogP contribution < -0.4 is 15.8 Å². The highest BCUT2D eigenvalue weighted by Crippen LogP contribution is 2.53. The van der Waals surface area contributed by atoms with Gasteiger partial charge in [0.05, 0.1) is 6.33 Å². The van der Waals surface area contributed by atoms with E-state index in [0.29, 0.717) is 29.6 Å². The Bertz CT molecular complexity index is 613. The number of rotatable bonds is 7. The standard InChI is InChI=1S/C16H21FN4O2S/c1-19-16(22)15-12-7-21(8-13(12)15)24-11-2-3-14(20-6-11)23-9-10(4-17)5-18/h2-4,6,12-13,15H,5,7-9,18H2,1H3,(H,19,22)/b10-4+. The Labute approximate surface area is 144 Å². The van der Waals surface area contributed by atoms with Gasteiger partial charge in [0.25, 0.3) is 0 Å². The predicted molar refractivity (Wildman–Crippen MR) is 89.9 cm³/mol. The summed E-state index contributed by atoms with van der Waals surface area (Å²) in [6.45, 7) is 2.07. The van der Waals surface area contributed by atoms with Crippen LogP contribution in [0.5, 0.6) is 5.88 Å². The molecule has 3 N–H and O–H groups in total. The molecule has 8 heteroatoms. The fraction of sp³-hybridized carbons (Fsp3) is 0.500. The summed E-state index contributed by atoms with van der Waals surface area (Å²) < 4.78 is 20.1. The average Bonchev–Trinajstić information content (AvgIpc) is 3.12. The SMILES string of the molecule is CNC(=O)C1C2CN(Sc3ccc(OC/C(=C/F)CN)nc3)CC21. The molecule has 0 radical (unpaired) electrons. The minimum absolute atomic E-state index is 0.100. The molecule has 0 spiro atoms. The van der Waals surface area contributed by atoms with E-state index in [2.05, 4.69) is 14.6 Å². The van der Waals surface area contributed by atoms with E-state index in [1.54, 1.807) is 31.3 Å². The molecule has 3 rings (SSSR count). The van der Waals surface area contributed by atoms with Gasteiger partial charge in [-0.15, -0.1) is 0 Å². The van der Waals surface area contributed by atoms with Crippen LogP contribution in [0.1, 0.15) is 0 Å². The van der Waals surface area contributed by atoms with E-state index in [1.165, 1.54) is 0 Å². The molecule has 1 aromatic rings. The van der Waals surface area contributed by atoms with Crippen molar-refractivity contribution in [1.29, 1.82) is 0 Å². The summed E-state index contributed by atoms with van der Waals surface area (Å²) in [6, 6.07) is 3.69. The van der Waals surface area contributed by atoms with Gasteiger partial charge in [0.2, 0.25) is 11.8 Å². The summed E-state index contributed by atoms with van der Waals surface area (Å²) in [6.07, 6.45) is 2.20. The Hall–Kier alpha value is -1.64. The van der Waals surface area contributed by atoms with Gasteiger partial charge < -0.3 is 15.8 Å². The number of ether oxygens (including phenoxy) is 1. The number of piperidine rings is 1. The maximum absolute atomic E-state index is 12.4. The van der Waals surface area contributed by atoms with Crippen molar-refractivity contribution in [3.63, 3.8) is 0 Å². The lowest BCUT2D eigenvalue weighted by atomic mass is 10.2. The molecule has 1 aliphatic carbocycles. The highest BCUT2D eigenvalue weighted by Gasteiger charge is 2.59. The molecule has 2 unspecified atom stereocenters. The van der Waals surface area contributed by atoms with Crippen molar-refractivity contribution >= 4 is 17.9 Å². The van der Waals surface area contributed by atoms with E-state index in [4.69, 9.17) is 10.5 Å². The van der Waals surface area contributed by atoms with Crippen LogP contribution in [0.3, 0.4) is 0 Å². The average molecular weight is 352 g/mol. The minimum atomic E-state index is 0.100. The third kappa shape index (κ3) is 3.71. The lowest BCUT2D eigenvalue weighted by Gasteiger charge is -2.17. The molecule has 24 heavy (non-hydrogen) atoms. The van der Waals surface area contributed by atoms with Crippen LogP contribution in [0, 0.1) is 17.8 Å². The first-order chi connectivity index (χ1) is 11.7. The molecule has 1 amide bonds. The van der Waals surface area contributed by atoms with E-state index in [1.807, 2.05) is 6.07 Å². The Morgan fingerprint density at radius 2 is 2.29 bits per heavy atom. The van der Waals surface area contributed by atoms with Crippen LogP contribution in [-0.2, 0) is 4.79 Å². The fourth-order valence-corrected chi connectivity index (χ4v) is 4.09. The maximum Gasteiger partial charge on any atom is 0.223 e. The molecular formula is C16H21FN4O2S. The summed E-state index contributed by atoms with van der Waals surface area (Å²) in [5.41, 5.74) is 5.76. The molecular weight excluding hydrogens is 331 g/mol. The predicted octanol–water partition coefficient (Wildman–Crippen LogP) is 1.20. The maximum atomic E-state index is 12.4. The van der Waals surface area contributed by atoms with Crippen molar-refractivity contribution in [2.24, 2.45) is 23.5 Å². The summed E-state index contributed by atoms with van der Waals surface area (Å²) >= 11 is 1.64. The van der Waals surface area contributed by atoms with Crippen molar-refractivity contribution < 1.29 is 13.9 Å².